The largest absolute Gasteiger partial charge is 0.478 e. The normalized spacial score (nSPS) is 24.4. The maximum atomic E-state index is 11.1. The predicted molar refractivity (Wildman–Crippen MR) is 72.5 cm³/mol. The SMILES string of the molecule is CC1(C)c2ccc(C(=O)O)cc2N(CC2CC2)C1O. The molecule has 1 aromatic rings. The van der Waals surface area contributed by atoms with E-state index in [0.717, 1.165) is 17.8 Å². The van der Waals surface area contributed by atoms with Gasteiger partial charge in [-0.1, -0.05) is 19.9 Å². The van der Waals surface area contributed by atoms with Crippen molar-refractivity contribution in [1.29, 1.82) is 0 Å². The van der Waals surface area contributed by atoms with Crippen molar-refractivity contribution >= 4 is 11.7 Å². The quantitative estimate of drug-likeness (QED) is 0.875. The van der Waals surface area contributed by atoms with Gasteiger partial charge in [0.05, 0.1) is 5.56 Å². The fraction of sp³-hybridized carbons (Fsp3) is 0.533. The van der Waals surface area contributed by atoms with Crippen LogP contribution in [0.3, 0.4) is 0 Å². The van der Waals surface area contributed by atoms with Crippen LogP contribution in [0.2, 0.25) is 0 Å². The molecule has 1 heterocycles. The molecule has 1 aromatic carbocycles. The second-order valence-electron chi connectivity index (χ2n) is 6.23. The number of benzene rings is 1. The lowest BCUT2D eigenvalue weighted by Gasteiger charge is -2.30. The number of carbonyl (C=O) groups is 1. The summed E-state index contributed by atoms with van der Waals surface area (Å²) >= 11 is 0. The van der Waals surface area contributed by atoms with E-state index >= 15 is 0 Å². The van der Waals surface area contributed by atoms with Crippen LogP contribution in [0.15, 0.2) is 18.2 Å². The summed E-state index contributed by atoms with van der Waals surface area (Å²) < 4.78 is 0. The molecule has 0 spiro atoms. The topological polar surface area (TPSA) is 60.8 Å². The highest BCUT2D eigenvalue weighted by Gasteiger charge is 2.45. The molecule has 102 valence electrons. The second-order valence-corrected chi connectivity index (χ2v) is 6.23. The van der Waals surface area contributed by atoms with Crippen LogP contribution >= 0.6 is 0 Å². The molecular formula is C15H19NO3. The minimum absolute atomic E-state index is 0.282. The number of hydrogen-bond donors (Lipinski definition) is 2. The minimum Gasteiger partial charge on any atom is -0.478 e. The Morgan fingerprint density at radius 3 is 2.68 bits per heavy atom. The minimum atomic E-state index is -0.923. The molecule has 1 aliphatic carbocycles. The lowest BCUT2D eigenvalue weighted by atomic mass is 9.85. The van der Waals surface area contributed by atoms with Crippen LogP contribution in [0.5, 0.6) is 0 Å². The third-order valence-electron chi connectivity index (χ3n) is 4.34. The van der Waals surface area contributed by atoms with Gasteiger partial charge < -0.3 is 15.1 Å². The molecule has 19 heavy (non-hydrogen) atoms. The zero-order valence-corrected chi connectivity index (χ0v) is 11.3. The average molecular weight is 261 g/mol. The van der Waals surface area contributed by atoms with Crippen LogP contribution in [0.25, 0.3) is 0 Å². The van der Waals surface area contributed by atoms with Crippen molar-refractivity contribution in [2.24, 2.45) is 5.92 Å². The van der Waals surface area contributed by atoms with Crippen LogP contribution in [0.4, 0.5) is 5.69 Å². The summed E-state index contributed by atoms with van der Waals surface area (Å²) in [5, 5.41) is 19.6. The molecule has 1 unspecified atom stereocenters. The summed E-state index contributed by atoms with van der Waals surface area (Å²) in [6.07, 6.45) is 1.84. The first-order valence-electron chi connectivity index (χ1n) is 6.74. The van der Waals surface area contributed by atoms with Gasteiger partial charge in [0.15, 0.2) is 0 Å². The van der Waals surface area contributed by atoms with Gasteiger partial charge in [-0.25, -0.2) is 4.79 Å². The Kier molecular flexibility index (Phi) is 2.61. The van der Waals surface area contributed by atoms with Gasteiger partial charge in [0.2, 0.25) is 0 Å². The maximum absolute atomic E-state index is 11.1. The van der Waals surface area contributed by atoms with Crippen LogP contribution < -0.4 is 4.90 Å². The van der Waals surface area contributed by atoms with Gasteiger partial charge in [-0.3, -0.25) is 0 Å². The molecule has 0 amide bonds. The van der Waals surface area contributed by atoms with E-state index < -0.39 is 12.2 Å². The van der Waals surface area contributed by atoms with Crippen molar-refractivity contribution in [1.82, 2.24) is 0 Å². The van der Waals surface area contributed by atoms with Crippen molar-refractivity contribution < 1.29 is 15.0 Å². The Labute approximate surface area is 112 Å². The van der Waals surface area contributed by atoms with Gasteiger partial charge >= 0.3 is 5.97 Å². The summed E-state index contributed by atoms with van der Waals surface area (Å²) in [6.45, 7) is 4.83. The first-order chi connectivity index (χ1) is 8.91. The molecule has 0 aromatic heterocycles. The third-order valence-corrected chi connectivity index (χ3v) is 4.34. The summed E-state index contributed by atoms with van der Waals surface area (Å²) in [7, 11) is 0. The standard InChI is InChI=1S/C15H19NO3/c1-15(2)11-6-5-10(13(17)18)7-12(11)16(14(15)19)8-9-3-4-9/h5-7,9,14,19H,3-4,8H2,1-2H3,(H,17,18). The highest BCUT2D eigenvalue weighted by atomic mass is 16.4. The van der Waals surface area contributed by atoms with Gasteiger partial charge in [-0.05, 0) is 36.5 Å². The molecule has 1 saturated carbocycles. The number of rotatable bonds is 3. The maximum Gasteiger partial charge on any atom is 0.335 e. The van der Waals surface area contributed by atoms with Crippen molar-refractivity contribution in [3.63, 3.8) is 0 Å². The zero-order valence-electron chi connectivity index (χ0n) is 11.3. The van der Waals surface area contributed by atoms with E-state index in [9.17, 15) is 9.90 Å². The van der Waals surface area contributed by atoms with Gasteiger partial charge in [-0.2, -0.15) is 0 Å². The Hall–Kier alpha value is -1.55. The monoisotopic (exact) mass is 261 g/mol. The highest BCUT2D eigenvalue weighted by Crippen LogP contribution is 2.46. The lowest BCUT2D eigenvalue weighted by Crippen LogP contribution is -2.42. The molecule has 0 bridgehead atoms. The van der Waals surface area contributed by atoms with E-state index in [1.807, 2.05) is 24.8 Å². The first kappa shape index (κ1) is 12.5. The number of carboxylic acid groups (broad SMARTS) is 1. The van der Waals surface area contributed by atoms with Crippen molar-refractivity contribution in [3.8, 4) is 0 Å². The Morgan fingerprint density at radius 1 is 1.42 bits per heavy atom. The van der Waals surface area contributed by atoms with E-state index in [-0.39, 0.29) is 11.0 Å². The third kappa shape index (κ3) is 1.91. The smallest absolute Gasteiger partial charge is 0.335 e. The molecular weight excluding hydrogens is 242 g/mol. The second kappa shape index (κ2) is 3.97. The van der Waals surface area contributed by atoms with Crippen LogP contribution in [0, 0.1) is 5.92 Å². The van der Waals surface area contributed by atoms with Crippen LogP contribution in [-0.2, 0) is 5.41 Å². The van der Waals surface area contributed by atoms with Gasteiger partial charge in [0.1, 0.15) is 6.23 Å². The van der Waals surface area contributed by atoms with Gasteiger partial charge in [0.25, 0.3) is 0 Å². The number of anilines is 1. The summed E-state index contributed by atoms with van der Waals surface area (Å²) in [6, 6.07) is 5.16. The lowest BCUT2D eigenvalue weighted by molar-refractivity contribution is 0.0697. The molecule has 1 atom stereocenters. The zero-order chi connectivity index (χ0) is 13.8. The molecule has 2 N–H and O–H groups in total. The summed E-state index contributed by atoms with van der Waals surface area (Å²) in [5.41, 5.74) is 1.83. The highest BCUT2D eigenvalue weighted by molar-refractivity contribution is 5.89. The van der Waals surface area contributed by atoms with Crippen molar-refractivity contribution in [3.05, 3.63) is 29.3 Å². The molecule has 1 fully saturated rings. The number of aromatic carboxylic acids is 1. The Morgan fingerprint density at radius 2 is 2.11 bits per heavy atom. The van der Waals surface area contributed by atoms with E-state index in [2.05, 4.69) is 0 Å². The molecule has 4 nitrogen and oxygen atoms in total. The number of hydrogen-bond acceptors (Lipinski definition) is 3. The molecule has 4 heteroatoms. The predicted octanol–water partition coefficient (Wildman–Crippen LogP) is 2.21. The van der Waals surface area contributed by atoms with E-state index in [1.165, 1.54) is 12.8 Å². The summed E-state index contributed by atoms with van der Waals surface area (Å²) in [5.74, 6) is -0.279. The Bertz CT molecular complexity index is 534. The molecule has 2 aliphatic rings. The number of nitrogens with zero attached hydrogens (tertiary/aromatic N) is 1. The van der Waals surface area contributed by atoms with Crippen molar-refractivity contribution in [2.45, 2.75) is 38.3 Å². The molecule has 3 rings (SSSR count). The fourth-order valence-electron chi connectivity index (χ4n) is 2.88. The average Bonchev–Trinajstić information content (AvgIpc) is 3.15. The number of carboxylic acids is 1. The fourth-order valence-corrected chi connectivity index (χ4v) is 2.88. The van der Waals surface area contributed by atoms with E-state index in [4.69, 9.17) is 5.11 Å². The van der Waals surface area contributed by atoms with Gasteiger partial charge in [-0.15, -0.1) is 0 Å². The van der Waals surface area contributed by atoms with E-state index in [0.29, 0.717) is 5.92 Å². The molecule has 1 aliphatic heterocycles. The molecule has 0 radical (unpaired) electrons. The van der Waals surface area contributed by atoms with E-state index in [1.54, 1.807) is 12.1 Å². The summed E-state index contributed by atoms with van der Waals surface area (Å²) in [4.78, 5) is 13.1. The van der Waals surface area contributed by atoms with Gasteiger partial charge in [0, 0.05) is 17.6 Å². The van der Waals surface area contributed by atoms with Crippen LogP contribution in [0.1, 0.15) is 42.6 Å². The van der Waals surface area contributed by atoms with Crippen molar-refractivity contribution in [2.75, 3.05) is 11.4 Å². The first-order valence-corrected chi connectivity index (χ1v) is 6.74. The Balaban J connectivity index is 2.05. The molecule has 0 saturated heterocycles. The number of aliphatic hydroxyl groups excluding tert-OH is 1. The van der Waals surface area contributed by atoms with Crippen LogP contribution in [-0.4, -0.2) is 29.0 Å². The number of aliphatic hydroxyl groups is 1. The number of fused-ring (bicyclic) bond motifs is 1.